The van der Waals surface area contributed by atoms with E-state index >= 15 is 0 Å². The Bertz CT molecular complexity index is 805. The number of aromatic nitrogens is 1. The highest BCUT2D eigenvalue weighted by Crippen LogP contribution is 2.41. The second-order valence-electron chi connectivity index (χ2n) is 6.22. The molecule has 0 unspecified atom stereocenters. The summed E-state index contributed by atoms with van der Waals surface area (Å²) in [5.74, 6) is 0.445. The van der Waals surface area contributed by atoms with Gasteiger partial charge in [0.25, 0.3) is 0 Å². The van der Waals surface area contributed by atoms with Crippen LogP contribution < -0.4 is 14.8 Å². The lowest BCUT2D eigenvalue weighted by Crippen LogP contribution is -2.36. The maximum absolute atomic E-state index is 13.4. The Morgan fingerprint density at radius 3 is 2.68 bits per heavy atom. The van der Waals surface area contributed by atoms with Gasteiger partial charge in [-0.3, -0.25) is 4.79 Å². The summed E-state index contributed by atoms with van der Waals surface area (Å²) in [6, 6.07) is 6.61. The number of amides is 1. The number of alkyl halides is 2. The second-order valence-corrected chi connectivity index (χ2v) is 6.22. The van der Waals surface area contributed by atoms with E-state index in [4.69, 9.17) is 9.47 Å². The molecular formula is C18H18F2N2O3. The summed E-state index contributed by atoms with van der Waals surface area (Å²) in [4.78, 5) is 15.9. The van der Waals surface area contributed by atoms with Crippen molar-refractivity contribution in [3.05, 3.63) is 36.0 Å². The fourth-order valence-corrected chi connectivity index (χ4v) is 2.41. The fourth-order valence-electron chi connectivity index (χ4n) is 2.41. The van der Waals surface area contributed by atoms with E-state index in [1.54, 1.807) is 38.2 Å². The number of nitrogens with zero attached hydrogens (tertiary/aromatic N) is 1. The zero-order valence-corrected chi connectivity index (χ0v) is 14.1. The van der Waals surface area contributed by atoms with Crippen LogP contribution in [0.1, 0.15) is 19.4 Å². The van der Waals surface area contributed by atoms with Crippen molar-refractivity contribution >= 4 is 11.7 Å². The van der Waals surface area contributed by atoms with Gasteiger partial charge in [-0.05, 0) is 42.3 Å². The minimum atomic E-state index is -3.34. The number of benzene rings is 1. The van der Waals surface area contributed by atoms with E-state index in [-0.39, 0.29) is 17.6 Å². The highest BCUT2D eigenvalue weighted by atomic mass is 19.3. The summed E-state index contributed by atoms with van der Waals surface area (Å²) in [5.41, 5.74) is 2.27. The van der Waals surface area contributed by atoms with Crippen LogP contribution in [0.25, 0.3) is 11.1 Å². The lowest BCUT2D eigenvalue weighted by molar-refractivity contribution is -0.208. The number of rotatable bonds is 3. The van der Waals surface area contributed by atoms with Crippen LogP contribution in [0.15, 0.2) is 30.5 Å². The molecule has 0 spiro atoms. The normalized spacial score (nSPS) is 15.1. The van der Waals surface area contributed by atoms with Gasteiger partial charge in [-0.1, -0.05) is 13.8 Å². The van der Waals surface area contributed by atoms with Crippen molar-refractivity contribution in [2.75, 3.05) is 11.9 Å². The SMILES string of the molecule is Cc1cc2c(cc1-c1ccc(NC(=O)C(C)C)nc1)OC(F)(F)CO2. The maximum atomic E-state index is 13.4. The Balaban J connectivity index is 1.88. The molecule has 1 amide bonds. The molecule has 132 valence electrons. The van der Waals surface area contributed by atoms with Crippen LogP contribution in [0.2, 0.25) is 0 Å². The zero-order valence-electron chi connectivity index (χ0n) is 14.1. The summed E-state index contributed by atoms with van der Waals surface area (Å²) < 4.78 is 36.5. The largest absolute Gasteiger partial charge is 0.479 e. The molecule has 0 saturated carbocycles. The average Bonchev–Trinajstić information content (AvgIpc) is 2.55. The number of aryl methyl sites for hydroxylation is 1. The molecule has 2 aromatic rings. The van der Waals surface area contributed by atoms with E-state index in [0.717, 1.165) is 11.1 Å². The van der Waals surface area contributed by atoms with Crippen LogP contribution >= 0.6 is 0 Å². The molecule has 0 saturated heterocycles. The van der Waals surface area contributed by atoms with Crippen molar-refractivity contribution in [3.63, 3.8) is 0 Å². The van der Waals surface area contributed by atoms with Gasteiger partial charge < -0.3 is 14.8 Å². The maximum Gasteiger partial charge on any atom is 0.433 e. The van der Waals surface area contributed by atoms with Crippen LogP contribution in [0.5, 0.6) is 11.5 Å². The first-order chi connectivity index (χ1) is 11.7. The smallest absolute Gasteiger partial charge is 0.433 e. The summed E-state index contributed by atoms with van der Waals surface area (Å²) in [6.45, 7) is 4.63. The molecule has 25 heavy (non-hydrogen) atoms. The standard InChI is InChI=1S/C18H18F2N2O3/c1-10(2)17(23)22-16-5-4-12(8-21-16)13-7-15-14(6-11(13)3)24-9-18(19,20)25-15/h4-8,10H,9H2,1-3H3,(H,21,22,23). The average molecular weight is 348 g/mol. The van der Waals surface area contributed by atoms with Gasteiger partial charge in [0.05, 0.1) is 0 Å². The Labute approximate surface area is 144 Å². The number of halogens is 2. The minimum absolute atomic E-state index is 0.00552. The third-order valence-corrected chi connectivity index (χ3v) is 3.80. The number of ether oxygens (including phenoxy) is 2. The summed E-state index contributed by atoms with van der Waals surface area (Å²) >= 11 is 0. The number of carbonyl (C=O) groups excluding carboxylic acids is 1. The highest BCUT2D eigenvalue weighted by Gasteiger charge is 2.38. The minimum Gasteiger partial charge on any atom is -0.479 e. The molecule has 1 N–H and O–H groups in total. The number of anilines is 1. The van der Waals surface area contributed by atoms with Crippen LogP contribution in [0.3, 0.4) is 0 Å². The molecular weight excluding hydrogens is 330 g/mol. The molecule has 0 atom stereocenters. The van der Waals surface area contributed by atoms with Gasteiger partial charge in [0.1, 0.15) is 5.82 Å². The van der Waals surface area contributed by atoms with Crippen molar-refractivity contribution in [2.45, 2.75) is 26.9 Å². The molecule has 2 heterocycles. The number of hydrogen-bond donors (Lipinski definition) is 1. The second kappa shape index (κ2) is 6.31. The van der Waals surface area contributed by atoms with E-state index < -0.39 is 12.7 Å². The number of fused-ring (bicyclic) bond motifs is 1. The first-order valence-corrected chi connectivity index (χ1v) is 7.87. The first-order valence-electron chi connectivity index (χ1n) is 7.87. The third kappa shape index (κ3) is 3.70. The zero-order chi connectivity index (χ0) is 18.2. The third-order valence-electron chi connectivity index (χ3n) is 3.80. The number of hydrogen-bond acceptors (Lipinski definition) is 4. The molecule has 1 aliphatic rings. The Morgan fingerprint density at radius 2 is 2.04 bits per heavy atom. The Kier molecular flexibility index (Phi) is 4.32. The quantitative estimate of drug-likeness (QED) is 0.910. The fraction of sp³-hybridized carbons (Fsp3) is 0.333. The molecule has 5 nitrogen and oxygen atoms in total. The first kappa shape index (κ1) is 17.1. The van der Waals surface area contributed by atoms with E-state index in [1.807, 2.05) is 6.92 Å². The monoisotopic (exact) mass is 348 g/mol. The van der Waals surface area contributed by atoms with Crippen molar-refractivity contribution < 1.29 is 23.0 Å². The van der Waals surface area contributed by atoms with E-state index in [2.05, 4.69) is 10.3 Å². The predicted octanol–water partition coefficient (Wildman–Crippen LogP) is 4.02. The van der Waals surface area contributed by atoms with Crippen LogP contribution in [0, 0.1) is 12.8 Å². The van der Waals surface area contributed by atoms with Crippen molar-refractivity contribution in [3.8, 4) is 22.6 Å². The van der Waals surface area contributed by atoms with E-state index in [1.165, 1.54) is 6.07 Å². The number of pyridine rings is 1. The summed E-state index contributed by atoms with van der Waals surface area (Å²) in [5, 5.41) is 2.70. The van der Waals surface area contributed by atoms with Gasteiger partial charge in [-0.25, -0.2) is 4.98 Å². The molecule has 1 aliphatic heterocycles. The molecule has 0 aliphatic carbocycles. The molecule has 7 heteroatoms. The number of nitrogens with one attached hydrogen (secondary N) is 1. The predicted molar refractivity (Wildman–Crippen MR) is 88.9 cm³/mol. The molecule has 0 fully saturated rings. The van der Waals surface area contributed by atoms with Gasteiger partial charge in [-0.2, -0.15) is 8.78 Å². The topological polar surface area (TPSA) is 60.5 Å². The number of carbonyl (C=O) groups is 1. The van der Waals surface area contributed by atoms with E-state index in [0.29, 0.717) is 17.1 Å². The van der Waals surface area contributed by atoms with Crippen molar-refractivity contribution in [1.82, 2.24) is 4.98 Å². The summed E-state index contributed by atoms with van der Waals surface area (Å²) in [7, 11) is 0. The van der Waals surface area contributed by atoms with Gasteiger partial charge >= 0.3 is 6.11 Å². The molecule has 1 aromatic heterocycles. The molecule has 0 bridgehead atoms. The van der Waals surface area contributed by atoms with Gasteiger partial charge in [0.2, 0.25) is 5.91 Å². The Hall–Kier alpha value is -2.70. The Morgan fingerprint density at radius 1 is 1.28 bits per heavy atom. The van der Waals surface area contributed by atoms with Gasteiger partial charge in [-0.15, -0.1) is 0 Å². The summed E-state index contributed by atoms with van der Waals surface area (Å²) in [6.07, 6.45) is -1.77. The van der Waals surface area contributed by atoms with E-state index in [9.17, 15) is 13.6 Å². The van der Waals surface area contributed by atoms with Gasteiger partial charge in [0.15, 0.2) is 18.1 Å². The molecule has 0 radical (unpaired) electrons. The molecule has 3 rings (SSSR count). The van der Waals surface area contributed by atoms with Crippen molar-refractivity contribution in [1.29, 1.82) is 0 Å². The van der Waals surface area contributed by atoms with Gasteiger partial charge in [0, 0.05) is 17.7 Å². The van der Waals surface area contributed by atoms with Crippen molar-refractivity contribution in [2.24, 2.45) is 5.92 Å². The van der Waals surface area contributed by atoms with Crippen LogP contribution in [-0.4, -0.2) is 23.6 Å². The van der Waals surface area contributed by atoms with Crippen LogP contribution in [0.4, 0.5) is 14.6 Å². The van der Waals surface area contributed by atoms with Crippen LogP contribution in [-0.2, 0) is 4.79 Å². The lowest BCUT2D eigenvalue weighted by Gasteiger charge is -2.26. The highest BCUT2D eigenvalue weighted by molar-refractivity contribution is 5.91. The lowest BCUT2D eigenvalue weighted by atomic mass is 10.0. The molecule has 1 aromatic carbocycles.